The smallest absolute Gasteiger partial charge is 0.0569 e. The van der Waals surface area contributed by atoms with Crippen LogP contribution < -0.4 is 5.32 Å². The Morgan fingerprint density at radius 2 is 2.04 bits per heavy atom. The van der Waals surface area contributed by atoms with Gasteiger partial charge in [-0.1, -0.05) is 17.7 Å². The molecular weight excluding hydrogens is 322 g/mol. The van der Waals surface area contributed by atoms with Crippen LogP contribution in [0.25, 0.3) is 16.2 Å². The molecule has 0 spiro atoms. The van der Waals surface area contributed by atoms with Crippen molar-refractivity contribution in [3.05, 3.63) is 35.9 Å². The molecule has 1 aliphatic carbocycles. The summed E-state index contributed by atoms with van der Waals surface area (Å²) in [5.74, 6) is 0. The molecule has 3 heterocycles. The molecule has 0 amide bonds. The minimum Gasteiger partial charge on any atom is -0.387 e. The van der Waals surface area contributed by atoms with Crippen molar-refractivity contribution in [3.63, 3.8) is 0 Å². The highest BCUT2D eigenvalue weighted by Gasteiger charge is 2.23. The summed E-state index contributed by atoms with van der Waals surface area (Å²) in [7, 11) is 4.11. The SMILES string of the molecule is CNc1c(-c2cnn(C3CCN(C)CC3)c2)cnc2c1C(Cl)=CC2. The second kappa shape index (κ2) is 6.22. The maximum absolute atomic E-state index is 6.38. The van der Waals surface area contributed by atoms with Gasteiger partial charge in [-0.25, -0.2) is 0 Å². The van der Waals surface area contributed by atoms with Gasteiger partial charge in [0, 0.05) is 47.6 Å². The summed E-state index contributed by atoms with van der Waals surface area (Å²) in [6.45, 7) is 2.25. The summed E-state index contributed by atoms with van der Waals surface area (Å²) in [5.41, 5.74) is 5.26. The van der Waals surface area contributed by atoms with Gasteiger partial charge in [0.25, 0.3) is 0 Å². The lowest BCUT2D eigenvalue weighted by molar-refractivity contribution is 0.212. The van der Waals surface area contributed by atoms with Gasteiger partial charge in [-0.15, -0.1) is 0 Å². The molecule has 5 nitrogen and oxygen atoms in total. The number of pyridine rings is 1. The largest absolute Gasteiger partial charge is 0.387 e. The van der Waals surface area contributed by atoms with E-state index in [4.69, 9.17) is 11.6 Å². The van der Waals surface area contributed by atoms with Crippen molar-refractivity contribution in [1.29, 1.82) is 0 Å². The van der Waals surface area contributed by atoms with E-state index < -0.39 is 0 Å². The molecule has 0 radical (unpaired) electrons. The van der Waals surface area contributed by atoms with Crippen molar-refractivity contribution in [2.75, 3.05) is 32.5 Å². The number of aromatic nitrogens is 3. The Kier molecular flexibility index (Phi) is 4.06. The summed E-state index contributed by atoms with van der Waals surface area (Å²) in [6, 6.07) is 0.485. The predicted molar refractivity (Wildman–Crippen MR) is 98.3 cm³/mol. The Hall–Kier alpha value is -1.85. The number of hydrogen-bond donors (Lipinski definition) is 1. The number of nitrogens with one attached hydrogen (secondary N) is 1. The van der Waals surface area contributed by atoms with Gasteiger partial charge in [0.2, 0.25) is 0 Å². The van der Waals surface area contributed by atoms with Crippen LogP contribution in [0.3, 0.4) is 0 Å². The van der Waals surface area contributed by atoms with E-state index in [2.05, 4.69) is 38.2 Å². The highest BCUT2D eigenvalue weighted by molar-refractivity contribution is 6.50. The van der Waals surface area contributed by atoms with E-state index in [1.54, 1.807) is 0 Å². The monoisotopic (exact) mass is 343 g/mol. The van der Waals surface area contributed by atoms with Gasteiger partial charge >= 0.3 is 0 Å². The molecule has 0 aromatic carbocycles. The summed E-state index contributed by atoms with van der Waals surface area (Å²) in [6.07, 6.45) is 11.1. The van der Waals surface area contributed by atoms with Crippen LogP contribution in [0, 0.1) is 0 Å². The van der Waals surface area contributed by atoms with Crippen LogP contribution in [0.4, 0.5) is 5.69 Å². The Morgan fingerprint density at radius 1 is 1.25 bits per heavy atom. The van der Waals surface area contributed by atoms with Crippen LogP contribution in [-0.4, -0.2) is 46.8 Å². The topological polar surface area (TPSA) is 46.0 Å². The molecule has 0 saturated carbocycles. The first-order chi connectivity index (χ1) is 11.7. The van der Waals surface area contributed by atoms with Gasteiger partial charge in [0.05, 0.1) is 23.6 Å². The first-order valence-corrected chi connectivity index (χ1v) is 8.84. The molecule has 2 aromatic rings. The van der Waals surface area contributed by atoms with E-state index in [9.17, 15) is 0 Å². The quantitative estimate of drug-likeness (QED) is 0.928. The summed E-state index contributed by atoms with van der Waals surface area (Å²) >= 11 is 6.38. The lowest BCUT2D eigenvalue weighted by Crippen LogP contribution is -2.31. The Balaban J connectivity index is 1.68. The normalized spacial score (nSPS) is 18.5. The second-order valence-corrected chi connectivity index (χ2v) is 7.03. The number of piperidine rings is 1. The average molecular weight is 344 g/mol. The van der Waals surface area contributed by atoms with E-state index >= 15 is 0 Å². The van der Waals surface area contributed by atoms with Crippen molar-refractivity contribution in [3.8, 4) is 11.1 Å². The number of fused-ring (bicyclic) bond motifs is 1. The van der Waals surface area contributed by atoms with E-state index in [-0.39, 0.29) is 0 Å². The van der Waals surface area contributed by atoms with Gasteiger partial charge in [-0.05, 0) is 33.0 Å². The van der Waals surface area contributed by atoms with Crippen LogP contribution in [0.2, 0.25) is 0 Å². The van der Waals surface area contributed by atoms with Gasteiger partial charge in [-0.2, -0.15) is 5.10 Å². The lowest BCUT2D eigenvalue weighted by Gasteiger charge is -2.29. The van der Waals surface area contributed by atoms with Crippen molar-refractivity contribution in [1.82, 2.24) is 19.7 Å². The zero-order chi connectivity index (χ0) is 16.7. The molecule has 1 saturated heterocycles. The van der Waals surface area contributed by atoms with E-state index in [1.165, 1.54) is 0 Å². The van der Waals surface area contributed by atoms with Crippen molar-refractivity contribution in [2.24, 2.45) is 0 Å². The molecule has 6 heteroatoms. The average Bonchev–Trinajstić information content (AvgIpc) is 3.22. The van der Waals surface area contributed by atoms with E-state index in [0.717, 1.165) is 65.5 Å². The number of allylic oxidation sites excluding steroid dienone is 1. The number of likely N-dealkylation sites (tertiary alicyclic amines) is 1. The summed E-state index contributed by atoms with van der Waals surface area (Å²) < 4.78 is 2.12. The number of hydrogen-bond acceptors (Lipinski definition) is 4. The Morgan fingerprint density at radius 3 is 2.79 bits per heavy atom. The lowest BCUT2D eigenvalue weighted by atomic mass is 10.0. The standard InChI is InChI=1S/C18H22ClN5/c1-20-18-14(10-21-16-4-3-15(19)17(16)18)12-9-22-24(11-12)13-5-7-23(2)8-6-13/h3,9-11,13H,4-8H2,1-2H3,(H,20,21). The van der Waals surface area contributed by atoms with E-state index in [0.29, 0.717) is 6.04 Å². The van der Waals surface area contributed by atoms with Crippen molar-refractivity contribution < 1.29 is 0 Å². The second-order valence-electron chi connectivity index (χ2n) is 6.62. The summed E-state index contributed by atoms with van der Waals surface area (Å²) in [4.78, 5) is 6.98. The minimum atomic E-state index is 0.485. The first kappa shape index (κ1) is 15.7. The van der Waals surface area contributed by atoms with Crippen LogP contribution in [0.15, 0.2) is 24.7 Å². The molecule has 4 rings (SSSR count). The fraction of sp³-hybridized carbons (Fsp3) is 0.444. The third-order valence-electron chi connectivity index (χ3n) is 5.10. The molecule has 0 bridgehead atoms. The molecule has 0 unspecified atom stereocenters. The zero-order valence-corrected chi connectivity index (χ0v) is 14.8. The van der Waals surface area contributed by atoms with E-state index in [1.807, 2.05) is 25.5 Å². The highest BCUT2D eigenvalue weighted by atomic mass is 35.5. The summed E-state index contributed by atoms with van der Waals surface area (Å²) in [5, 5.41) is 8.72. The minimum absolute atomic E-state index is 0.485. The number of anilines is 1. The maximum Gasteiger partial charge on any atom is 0.0569 e. The van der Waals surface area contributed by atoms with Gasteiger partial charge < -0.3 is 10.2 Å². The fourth-order valence-electron chi connectivity index (χ4n) is 3.67. The van der Waals surface area contributed by atoms with Crippen LogP contribution in [0.1, 0.15) is 30.1 Å². The van der Waals surface area contributed by atoms with Crippen molar-refractivity contribution in [2.45, 2.75) is 25.3 Å². The van der Waals surface area contributed by atoms with Crippen molar-refractivity contribution >= 4 is 22.3 Å². The molecule has 2 aromatic heterocycles. The fourth-order valence-corrected chi connectivity index (χ4v) is 3.95. The molecule has 126 valence electrons. The number of halogens is 1. The molecule has 0 atom stereocenters. The molecule has 2 aliphatic rings. The van der Waals surface area contributed by atoms with Gasteiger partial charge in [0.1, 0.15) is 0 Å². The molecular formula is C18H22ClN5. The molecule has 1 fully saturated rings. The van der Waals surface area contributed by atoms with Crippen LogP contribution in [0.5, 0.6) is 0 Å². The van der Waals surface area contributed by atoms with Gasteiger partial charge in [0.15, 0.2) is 0 Å². The van der Waals surface area contributed by atoms with Gasteiger partial charge in [-0.3, -0.25) is 9.67 Å². The highest BCUT2D eigenvalue weighted by Crippen LogP contribution is 2.40. The third kappa shape index (κ3) is 2.62. The predicted octanol–water partition coefficient (Wildman–Crippen LogP) is 3.39. The first-order valence-electron chi connectivity index (χ1n) is 8.46. The zero-order valence-electron chi connectivity index (χ0n) is 14.1. The Labute approximate surface area is 147 Å². The number of nitrogens with zero attached hydrogens (tertiary/aromatic N) is 4. The maximum atomic E-state index is 6.38. The van der Waals surface area contributed by atoms with Crippen LogP contribution in [-0.2, 0) is 6.42 Å². The van der Waals surface area contributed by atoms with Crippen LogP contribution >= 0.6 is 11.6 Å². The number of rotatable bonds is 3. The molecule has 1 N–H and O–H groups in total. The molecule has 24 heavy (non-hydrogen) atoms. The third-order valence-corrected chi connectivity index (χ3v) is 5.44. The Bertz CT molecular complexity index is 787. The molecule has 1 aliphatic heterocycles.